The van der Waals surface area contributed by atoms with Crippen molar-refractivity contribution < 1.29 is 4.39 Å². The van der Waals surface area contributed by atoms with Crippen molar-refractivity contribution in [1.82, 2.24) is 4.98 Å². The van der Waals surface area contributed by atoms with Crippen LogP contribution in [0.25, 0.3) is 10.8 Å². The van der Waals surface area contributed by atoms with E-state index in [2.05, 4.69) is 10.3 Å². The van der Waals surface area contributed by atoms with Crippen LogP contribution < -0.4 is 5.32 Å². The summed E-state index contributed by atoms with van der Waals surface area (Å²) >= 11 is 0. The lowest BCUT2D eigenvalue weighted by Crippen LogP contribution is -1.95. The van der Waals surface area contributed by atoms with Gasteiger partial charge in [-0.05, 0) is 35.7 Å². The molecular formula is C16H10FN3. The Morgan fingerprint density at radius 1 is 1.10 bits per heavy atom. The molecule has 4 heteroatoms. The zero-order valence-electron chi connectivity index (χ0n) is 10.5. The molecular weight excluding hydrogens is 253 g/mol. The lowest BCUT2D eigenvalue weighted by molar-refractivity contribution is 0.627. The summed E-state index contributed by atoms with van der Waals surface area (Å²) in [5.74, 6) is -0.424. The Kier molecular flexibility index (Phi) is 3.02. The quantitative estimate of drug-likeness (QED) is 0.760. The Hall–Kier alpha value is -2.93. The second-order valence-corrected chi connectivity index (χ2v) is 4.33. The SMILES string of the molecule is N#Cc1cc(F)ccc1Nc1cccc2ccncc12. The highest BCUT2D eigenvalue weighted by molar-refractivity contribution is 5.95. The van der Waals surface area contributed by atoms with E-state index in [0.29, 0.717) is 5.69 Å². The Morgan fingerprint density at radius 2 is 2.00 bits per heavy atom. The summed E-state index contributed by atoms with van der Waals surface area (Å²) in [5.41, 5.74) is 1.68. The second-order valence-electron chi connectivity index (χ2n) is 4.33. The first-order chi connectivity index (χ1) is 9.78. The van der Waals surface area contributed by atoms with Gasteiger partial charge in [0.25, 0.3) is 0 Å². The number of nitriles is 1. The largest absolute Gasteiger partial charge is 0.354 e. The van der Waals surface area contributed by atoms with E-state index in [1.54, 1.807) is 18.5 Å². The van der Waals surface area contributed by atoms with Crippen molar-refractivity contribution in [3.05, 3.63) is 66.2 Å². The third kappa shape index (κ3) is 2.17. The van der Waals surface area contributed by atoms with Crippen LogP contribution in [0.4, 0.5) is 15.8 Å². The Labute approximate surface area is 115 Å². The third-order valence-electron chi connectivity index (χ3n) is 3.06. The molecule has 0 fully saturated rings. The number of nitrogens with zero attached hydrogens (tertiary/aromatic N) is 2. The predicted octanol–water partition coefficient (Wildman–Crippen LogP) is 3.99. The number of fused-ring (bicyclic) bond motifs is 1. The van der Waals surface area contributed by atoms with E-state index < -0.39 is 5.82 Å². The van der Waals surface area contributed by atoms with Crippen LogP contribution in [0.15, 0.2) is 54.9 Å². The molecule has 1 aromatic heterocycles. The number of nitrogens with one attached hydrogen (secondary N) is 1. The van der Waals surface area contributed by atoms with Gasteiger partial charge in [-0.25, -0.2) is 4.39 Å². The van der Waals surface area contributed by atoms with Crippen molar-refractivity contribution in [3.63, 3.8) is 0 Å². The summed E-state index contributed by atoms with van der Waals surface area (Å²) in [4.78, 5) is 4.11. The van der Waals surface area contributed by atoms with Gasteiger partial charge in [0.2, 0.25) is 0 Å². The van der Waals surface area contributed by atoms with Crippen LogP contribution in [-0.2, 0) is 0 Å². The molecule has 0 unspecified atom stereocenters. The fourth-order valence-electron chi connectivity index (χ4n) is 2.09. The third-order valence-corrected chi connectivity index (χ3v) is 3.06. The van der Waals surface area contributed by atoms with Crippen LogP contribution in [0.2, 0.25) is 0 Å². The van der Waals surface area contributed by atoms with Gasteiger partial charge >= 0.3 is 0 Å². The minimum absolute atomic E-state index is 0.269. The molecule has 0 saturated carbocycles. The van der Waals surface area contributed by atoms with Gasteiger partial charge in [-0.1, -0.05) is 12.1 Å². The highest BCUT2D eigenvalue weighted by atomic mass is 19.1. The van der Waals surface area contributed by atoms with Crippen LogP contribution >= 0.6 is 0 Å². The fourth-order valence-corrected chi connectivity index (χ4v) is 2.09. The number of hydrogen-bond donors (Lipinski definition) is 1. The Bertz CT molecular complexity index is 816. The first-order valence-electron chi connectivity index (χ1n) is 6.07. The Balaban J connectivity index is 2.08. The van der Waals surface area contributed by atoms with E-state index in [4.69, 9.17) is 5.26 Å². The highest BCUT2D eigenvalue weighted by Crippen LogP contribution is 2.27. The molecule has 0 radical (unpaired) electrons. The summed E-state index contributed by atoms with van der Waals surface area (Å²) < 4.78 is 13.1. The van der Waals surface area contributed by atoms with E-state index in [-0.39, 0.29) is 5.56 Å². The van der Waals surface area contributed by atoms with Gasteiger partial charge in [-0.3, -0.25) is 4.98 Å². The van der Waals surface area contributed by atoms with Crippen molar-refractivity contribution in [2.24, 2.45) is 0 Å². The zero-order chi connectivity index (χ0) is 13.9. The molecule has 2 aromatic carbocycles. The second kappa shape index (κ2) is 4.98. The highest BCUT2D eigenvalue weighted by Gasteiger charge is 2.06. The van der Waals surface area contributed by atoms with E-state index >= 15 is 0 Å². The molecule has 3 aromatic rings. The minimum Gasteiger partial charge on any atom is -0.354 e. The molecule has 0 spiro atoms. The average molecular weight is 263 g/mol. The van der Waals surface area contributed by atoms with Gasteiger partial charge in [-0.2, -0.15) is 5.26 Å². The van der Waals surface area contributed by atoms with E-state index in [1.165, 1.54) is 12.1 Å². The van der Waals surface area contributed by atoms with Crippen molar-refractivity contribution in [3.8, 4) is 6.07 Å². The van der Waals surface area contributed by atoms with Gasteiger partial charge in [-0.15, -0.1) is 0 Å². The van der Waals surface area contributed by atoms with Crippen molar-refractivity contribution in [1.29, 1.82) is 5.26 Å². The smallest absolute Gasteiger partial charge is 0.124 e. The van der Waals surface area contributed by atoms with E-state index in [0.717, 1.165) is 16.5 Å². The van der Waals surface area contributed by atoms with Gasteiger partial charge < -0.3 is 5.32 Å². The molecule has 0 aliphatic carbocycles. The van der Waals surface area contributed by atoms with Crippen LogP contribution in [0.3, 0.4) is 0 Å². The summed E-state index contributed by atoms with van der Waals surface area (Å²) in [6.45, 7) is 0. The number of pyridine rings is 1. The maximum atomic E-state index is 13.1. The molecule has 0 aliphatic rings. The van der Waals surface area contributed by atoms with Crippen LogP contribution in [-0.4, -0.2) is 4.98 Å². The van der Waals surface area contributed by atoms with E-state index in [9.17, 15) is 4.39 Å². The molecule has 1 N–H and O–H groups in total. The maximum Gasteiger partial charge on any atom is 0.124 e. The monoisotopic (exact) mass is 263 g/mol. The predicted molar refractivity (Wildman–Crippen MR) is 76.1 cm³/mol. The summed E-state index contributed by atoms with van der Waals surface area (Å²) in [7, 11) is 0. The number of aromatic nitrogens is 1. The lowest BCUT2D eigenvalue weighted by Gasteiger charge is -2.10. The molecule has 0 saturated heterocycles. The average Bonchev–Trinajstić information content (AvgIpc) is 2.49. The molecule has 20 heavy (non-hydrogen) atoms. The Morgan fingerprint density at radius 3 is 2.85 bits per heavy atom. The molecule has 3 rings (SSSR count). The normalized spacial score (nSPS) is 10.2. The van der Waals surface area contributed by atoms with Crippen molar-refractivity contribution >= 4 is 22.1 Å². The maximum absolute atomic E-state index is 13.1. The van der Waals surface area contributed by atoms with Gasteiger partial charge in [0.15, 0.2) is 0 Å². The van der Waals surface area contributed by atoms with Gasteiger partial charge in [0.1, 0.15) is 11.9 Å². The first kappa shape index (κ1) is 12.1. The molecule has 96 valence electrons. The lowest BCUT2D eigenvalue weighted by atomic mass is 10.1. The topological polar surface area (TPSA) is 48.7 Å². The molecule has 1 heterocycles. The minimum atomic E-state index is -0.424. The van der Waals surface area contributed by atoms with Gasteiger partial charge in [0, 0.05) is 23.5 Å². The number of halogens is 1. The van der Waals surface area contributed by atoms with Gasteiger partial charge in [0.05, 0.1) is 11.3 Å². The van der Waals surface area contributed by atoms with Crippen molar-refractivity contribution in [2.75, 3.05) is 5.32 Å². The summed E-state index contributed by atoms with van der Waals surface area (Å²) in [6.07, 6.45) is 3.48. The van der Waals surface area contributed by atoms with Crippen LogP contribution in [0.1, 0.15) is 5.56 Å². The van der Waals surface area contributed by atoms with Crippen LogP contribution in [0.5, 0.6) is 0 Å². The standard InChI is InChI=1S/C16H10FN3/c17-13-4-5-15(12(8-13)9-18)20-16-3-1-2-11-6-7-19-10-14(11)16/h1-8,10,20H. The molecule has 0 atom stereocenters. The number of rotatable bonds is 2. The fraction of sp³-hybridized carbons (Fsp3) is 0. The molecule has 0 bridgehead atoms. The first-order valence-corrected chi connectivity index (χ1v) is 6.07. The summed E-state index contributed by atoms with van der Waals surface area (Å²) in [6, 6.07) is 13.8. The number of anilines is 2. The molecule has 3 nitrogen and oxygen atoms in total. The van der Waals surface area contributed by atoms with Crippen LogP contribution in [0, 0.1) is 17.1 Å². The van der Waals surface area contributed by atoms with E-state index in [1.807, 2.05) is 30.3 Å². The molecule has 0 amide bonds. The molecule has 0 aliphatic heterocycles. The van der Waals surface area contributed by atoms with Crippen molar-refractivity contribution in [2.45, 2.75) is 0 Å². The number of benzene rings is 2. The zero-order valence-corrected chi connectivity index (χ0v) is 10.5. The number of hydrogen-bond acceptors (Lipinski definition) is 3. The summed E-state index contributed by atoms with van der Waals surface area (Å²) in [5, 5.41) is 14.2.